The molecule has 1 N–H and O–H groups in total. The molecule has 4 nitrogen and oxygen atoms in total. The van der Waals surface area contributed by atoms with E-state index in [1.165, 1.54) is 0 Å². The van der Waals surface area contributed by atoms with E-state index in [2.05, 4.69) is 5.32 Å². The minimum absolute atomic E-state index is 0.0409. The van der Waals surface area contributed by atoms with Crippen molar-refractivity contribution in [3.05, 3.63) is 35.9 Å². The average Bonchev–Trinajstić information content (AvgIpc) is 2.26. The van der Waals surface area contributed by atoms with E-state index >= 15 is 0 Å². The van der Waals surface area contributed by atoms with E-state index in [4.69, 9.17) is 9.47 Å². The third kappa shape index (κ3) is 3.32. The van der Waals surface area contributed by atoms with Crippen LogP contribution in [-0.4, -0.2) is 31.8 Å². The fraction of sp³-hybridized carbons (Fsp3) is 0.417. The number of esters is 1. The third-order valence-corrected chi connectivity index (χ3v) is 2.42. The predicted octanol–water partition coefficient (Wildman–Crippen LogP) is 0.718. The molecule has 0 bridgehead atoms. The van der Waals surface area contributed by atoms with Crippen LogP contribution in [0.3, 0.4) is 0 Å². The summed E-state index contributed by atoms with van der Waals surface area (Å²) in [7, 11) is 0. The van der Waals surface area contributed by atoms with Crippen molar-refractivity contribution in [2.45, 2.75) is 12.7 Å². The zero-order chi connectivity index (χ0) is 11.2. The van der Waals surface area contributed by atoms with Crippen molar-refractivity contribution in [2.24, 2.45) is 0 Å². The molecule has 0 spiro atoms. The SMILES string of the molecule is O=C(COC1CNC1)OCc1ccccc1. The quantitative estimate of drug-likeness (QED) is 0.744. The van der Waals surface area contributed by atoms with E-state index in [0.29, 0.717) is 6.61 Å². The lowest BCUT2D eigenvalue weighted by Gasteiger charge is -2.26. The van der Waals surface area contributed by atoms with Crippen LogP contribution in [0.15, 0.2) is 30.3 Å². The van der Waals surface area contributed by atoms with Crippen molar-refractivity contribution in [2.75, 3.05) is 19.7 Å². The maximum absolute atomic E-state index is 11.3. The van der Waals surface area contributed by atoms with Crippen LogP contribution in [-0.2, 0) is 20.9 Å². The third-order valence-electron chi connectivity index (χ3n) is 2.42. The highest BCUT2D eigenvalue weighted by molar-refractivity contribution is 5.70. The summed E-state index contributed by atoms with van der Waals surface area (Å²) < 4.78 is 10.4. The van der Waals surface area contributed by atoms with Gasteiger partial charge < -0.3 is 14.8 Å². The standard InChI is InChI=1S/C12H15NO3/c14-12(9-15-11-6-13-7-11)16-8-10-4-2-1-3-5-10/h1-5,11,13H,6-9H2. The summed E-state index contributed by atoms with van der Waals surface area (Å²) in [6.45, 7) is 2.00. The molecule has 0 atom stereocenters. The molecule has 0 saturated carbocycles. The molecule has 0 radical (unpaired) electrons. The molecule has 16 heavy (non-hydrogen) atoms. The Balaban J connectivity index is 1.63. The summed E-state index contributed by atoms with van der Waals surface area (Å²) in [6, 6.07) is 9.60. The number of carbonyl (C=O) groups excluding carboxylic acids is 1. The second-order valence-corrected chi connectivity index (χ2v) is 3.74. The van der Waals surface area contributed by atoms with Gasteiger partial charge in [-0.15, -0.1) is 0 Å². The molecule has 0 unspecified atom stereocenters. The van der Waals surface area contributed by atoms with Crippen molar-refractivity contribution >= 4 is 5.97 Å². The van der Waals surface area contributed by atoms with Gasteiger partial charge in [0.05, 0.1) is 6.10 Å². The Bertz CT molecular complexity index is 335. The highest BCUT2D eigenvalue weighted by Crippen LogP contribution is 2.02. The first kappa shape index (κ1) is 11.1. The van der Waals surface area contributed by atoms with Crippen LogP contribution >= 0.6 is 0 Å². The lowest BCUT2D eigenvalue weighted by molar-refractivity contribution is -0.153. The molecule has 1 heterocycles. The second-order valence-electron chi connectivity index (χ2n) is 3.74. The first-order chi connectivity index (χ1) is 7.84. The summed E-state index contributed by atoms with van der Waals surface area (Å²) in [6.07, 6.45) is 0.171. The molecule has 0 aliphatic carbocycles. The zero-order valence-electron chi connectivity index (χ0n) is 9.02. The Hall–Kier alpha value is -1.39. The van der Waals surface area contributed by atoms with E-state index in [0.717, 1.165) is 18.7 Å². The monoisotopic (exact) mass is 221 g/mol. The molecule has 1 saturated heterocycles. The van der Waals surface area contributed by atoms with E-state index in [9.17, 15) is 4.79 Å². The molecule has 1 aliphatic heterocycles. The second kappa shape index (κ2) is 5.63. The van der Waals surface area contributed by atoms with Gasteiger partial charge >= 0.3 is 5.97 Å². The maximum atomic E-state index is 11.3. The van der Waals surface area contributed by atoms with E-state index in [1.807, 2.05) is 30.3 Å². The largest absolute Gasteiger partial charge is 0.459 e. The number of ether oxygens (including phenoxy) is 2. The topological polar surface area (TPSA) is 47.6 Å². The summed E-state index contributed by atoms with van der Waals surface area (Å²) >= 11 is 0. The van der Waals surface area contributed by atoms with Crippen molar-refractivity contribution < 1.29 is 14.3 Å². The Morgan fingerprint density at radius 3 is 2.69 bits per heavy atom. The van der Waals surface area contributed by atoms with Gasteiger partial charge in [0.25, 0.3) is 0 Å². The van der Waals surface area contributed by atoms with E-state index in [1.54, 1.807) is 0 Å². The fourth-order valence-electron chi connectivity index (χ4n) is 1.35. The molecule has 1 aromatic carbocycles. The lowest BCUT2D eigenvalue weighted by Crippen LogP contribution is -2.49. The highest BCUT2D eigenvalue weighted by atomic mass is 16.6. The number of benzene rings is 1. The summed E-state index contributed by atoms with van der Waals surface area (Å²) in [5.74, 6) is -0.309. The number of nitrogens with one attached hydrogen (secondary N) is 1. The Kier molecular flexibility index (Phi) is 3.91. The van der Waals surface area contributed by atoms with E-state index in [-0.39, 0.29) is 18.7 Å². The molecular weight excluding hydrogens is 206 g/mol. The predicted molar refractivity (Wildman–Crippen MR) is 58.8 cm³/mol. The first-order valence-corrected chi connectivity index (χ1v) is 5.36. The molecule has 1 aliphatic rings. The van der Waals surface area contributed by atoms with Crippen molar-refractivity contribution in [1.29, 1.82) is 0 Å². The molecule has 1 aromatic rings. The van der Waals surface area contributed by atoms with Crippen molar-refractivity contribution in [1.82, 2.24) is 5.32 Å². The molecule has 2 rings (SSSR count). The molecule has 0 amide bonds. The van der Waals surface area contributed by atoms with Crippen molar-refractivity contribution in [3.63, 3.8) is 0 Å². The van der Waals surface area contributed by atoms with Crippen LogP contribution < -0.4 is 5.32 Å². The summed E-state index contributed by atoms with van der Waals surface area (Å²) in [5, 5.41) is 3.07. The van der Waals surface area contributed by atoms with Crippen LogP contribution in [0.25, 0.3) is 0 Å². The van der Waals surface area contributed by atoms with E-state index < -0.39 is 0 Å². The van der Waals surface area contributed by atoms with Gasteiger partial charge in [-0.2, -0.15) is 0 Å². The Morgan fingerprint density at radius 2 is 2.06 bits per heavy atom. The van der Waals surface area contributed by atoms with Crippen LogP contribution in [0.5, 0.6) is 0 Å². The molecule has 4 heteroatoms. The minimum Gasteiger partial charge on any atom is -0.459 e. The van der Waals surface area contributed by atoms with Gasteiger partial charge in [-0.1, -0.05) is 30.3 Å². The van der Waals surface area contributed by atoms with Gasteiger partial charge in [0, 0.05) is 13.1 Å². The number of carbonyl (C=O) groups is 1. The zero-order valence-corrected chi connectivity index (χ0v) is 9.02. The number of rotatable bonds is 5. The van der Waals surface area contributed by atoms with Crippen LogP contribution in [0.4, 0.5) is 0 Å². The van der Waals surface area contributed by atoms with Crippen LogP contribution in [0.1, 0.15) is 5.56 Å². The number of hydrogen-bond donors (Lipinski definition) is 1. The van der Waals surface area contributed by atoms with Gasteiger partial charge in [-0.3, -0.25) is 0 Å². The van der Waals surface area contributed by atoms with Gasteiger partial charge in [-0.05, 0) is 5.56 Å². The fourth-order valence-corrected chi connectivity index (χ4v) is 1.35. The lowest BCUT2D eigenvalue weighted by atomic mass is 10.2. The minimum atomic E-state index is -0.309. The summed E-state index contributed by atoms with van der Waals surface area (Å²) in [5.41, 5.74) is 0.987. The van der Waals surface area contributed by atoms with Gasteiger partial charge in [0.2, 0.25) is 0 Å². The molecule has 86 valence electrons. The van der Waals surface area contributed by atoms with Crippen molar-refractivity contribution in [3.8, 4) is 0 Å². The number of hydrogen-bond acceptors (Lipinski definition) is 4. The highest BCUT2D eigenvalue weighted by Gasteiger charge is 2.18. The van der Waals surface area contributed by atoms with Crippen LogP contribution in [0, 0.1) is 0 Å². The van der Waals surface area contributed by atoms with Gasteiger partial charge in [-0.25, -0.2) is 4.79 Å². The first-order valence-electron chi connectivity index (χ1n) is 5.36. The average molecular weight is 221 g/mol. The van der Waals surface area contributed by atoms with Crippen LogP contribution in [0.2, 0.25) is 0 Å². The maximum Gasteiger partial charge on any atom is 0.332 e. The molecule has 0 aromatic heterocycles. The molecular formula is C12H15NO3. The Morgan fingerprint density at radius 1 is 1.31 bits per heavy atom. The van der Waals surface area contributed by atoms with Gasteiger partial charge in [0.1, 0.15) is 13.2 Å². The summed E-state index contributed by atoms with van der Waals surface area (Å²) in [4.78, 5) is 11.3. The smallest absolute Gasteiger partial charge is 0.332 e. The normalized spacial score (nSPS) is 15.5. The molecule has 1 fully saturated rings. The van der Waals surface area contributed by atoms with Gasteiger partial charge in [0.15, 0.2) is 0 Å². The Labute approximate surface area is 94.6 Å².